The average Bonchev–Trinajstić information content (AvgIpc) is 3.98. The molecule has 2 aliphatic heterocycles. The van der Waals surface area contributed by atoms with Gasteiger partial charge in [-0.2, -0.15) is 0 Å². The number of halogens is 12. The molecule has 4 aromatic carbocycles. The number of rotatable bonds is 16. The van der Waals surface area contributed by atoms with Crippen LogP contribution in [0.15, 0.2) is 48.5 Å². The molecule has 3 aromatic heterocycles. The van der Waals surface area contributed by atoms with Crippen molar-refractivity contribution in [1.82, 2.24) is 39.9 Å². The smallest absolute Gasteiger partial charge is 0.241 e. The molecule has 24 heteroatoms. The lowest BCUT2D eigenvalue weighted by atomic mass is 10.1. The van der Waals surface area contributed by atoms with Crippen LogP contribution in [0.25, 0.3) is 89.7 Å². The summed E-state index contributed by atoms with van der Waals surface area (Å²) in [6.45, 7) is -1.49. The number of hydrogen-bond donors (Lipinski definition) is 2. The second-order valence-corrected chi connectivity index (χ2v) is 16.7. The molecule has 9 rings (SSSR count). The Balaban J connectivity index is 1.36. The first-order valence-corrected chi connectivity index (χ1v) is 21.9. The summed E-state index contributed by atoms with van der Waals surface area (Å²) >= 11 is 26.7. The number of aromatic nitrogens is 8. The van der Waals surface area contributed by atoms with Gasteiger partial charge < -0.3 is 28.9 Å². The SMILES string of the molecule is FC(F)CCOc1cc2c(cc1Cl)-c1nc-2nc2[nH]c(nc3nc(nc4[nH]c(n1)c1cc(OCCC(F)F)c(Cl)cc41)-c1cc(OCCC(F)F)c(Cl)cc1-3)c1cc(OCCC(F)F)c(Cl)cc21. The van der Waals surface area contributed by atoms with Crippen molar-refractivity contribution in [2.24, 2.45) is 0 Å². The molecule has 2 N–H and O–H groups in total. The lowest BCUT2D eigenvalue weighted by Gasteiger charge is -2.10. The Morgan fingerprint density at radius 3 is 0.897 bits per heavy atom. The van der Waals surface area contributed by atoms with Crippen molar-refractivity contribution in [3.63, 3.8) is 0 Å². The summed E-state index contributed by atoms with van der Waals surface area (Å²) in [7, 11) is 0. The Kier molecular flexibility index (Phi) is 13.6. The molecule has 0 amide bonds. The van der Waals surface area contributed by atoms with Crippen LogP contribution in [-0.4, -0.2) is 92.0 Å². The Bertz CT molecular complexity index is 3060. The summed E-state index contributed by atoms with van der Waals surface area (Å²) in [6.07, 6.45) is -12.9. The van der Waals surface area contributed by atoms with E-state index in [-0.39, 0.29) is 115 Å². The van der Waals surface area contributed by atoms with Crippen LogP contribution in [0.3, 0.4) is 0 Å². The molecular formula is C44H30Cl4F8N8O4. The monoisotopic (exact) mass is 1030 g/mol. The van der Waals surface area contributed by atoms with E-state index < -0.39 is 51.4 Å². The van der Waals surface area contributed by atoms with Crippen molar-refractivity contribution in [1.29, 1.82) is 0 Å². The molecule has 8 bridgehead atoms. The fraction of sp³-hybridized carbons (Fsp3) is 0.273. The summed E-state index contributed by atoms with van der Waals surface area (Å²) in [6, 6.07) is 11.8. The highest BCUT2D eigenvalue weighted by atomic mass is 35.5. The summed E-state index contributed by atoms with van der Waals surface area (Å²) < 4.78 is 128. The van der Waals surface area contributed by atoms with Crippen molar-refractivity contribution in [2.75, 3.05) is 26.4 Å². The Morgan fingerprint density at radius 1 is 0.353 bits per heavy atom. The highest BCUT2D eigenvalue weighted by Gasteiger charge is 2.27. The second kappa shape index (κ2) is 19.6. The number of nitrogens with one attached hydrogen (secondary N) is 2. The molecule has 0 aliphatic carbocycles. The lowest BCUT2D eigenvalue weighted by Crippen LogP contribution is -2.03. The molecule has 0 fully saturated rings. The van der Waals surface area contributed by atoms with E-state index in [0.717, 1.165) is 0 Å². The molecule has 0 atom stereocenters. The second-order valence-electron chi connectivity index (χ2n) is 15.0. The van der Waals surface area contributed by atoms with E-state index >= 15 is 0 Å². The van der Waals surface area contributed by atoms with Crippen LogP contribution in [0.2, 0.25) is 20.1 Å². The number of aromatic amines is 2. The zero-order chi connectivity index (χ0) is 48.0. The molecule has 0 saturated carbocycles. The molecule has 7 aromatic rings. The van der Waals surface area contributed by atoms with E-state index in [1.165, 1.54) is 48.5 Å². The predicted octanol–water partition coefficient (Wildman–Crippen LogP) is 13.6. The van der Waals surface area contributed by atoms with E-state index in [4.69, 9.17) is 95.3 Å². The van der Waals surface area contributed by atoms with E-state index in [9.17, 15) is 35.1 Å². The third-order valence-electron chi connectivity index (χ3n) is 10.4. The summed E-state index contributed by atoms with van der Waals surface area (Å²) in [5.41, 5.74) is 1.71. The maximum Gasteiger partial charge on any atom is 0.241 e. The highest BCUT2D eigenvalue weighted by Crippen LogP contribution is 2.44. The van der Waals surface area contributed by atoms with Gasteiger partial charge in [-0.05, 0) is 48.5 Å². The van der Waals surface area contributed by atoms with Gasteiger partial charge in [0.1, 0.15) is 45.6 Å². The van der Waals surface area contributed by atoms with Gasteiger partial charge in [0.15, 0.2) is 23.3 Å². The van der Waals surface area contributed by atoms with Crippen LogP contribution >= 0.6 is 46.4 Å². The topological polar surface area (TPSA) is 146 Å². The first kappa shape index (κ1) is 47.1. The number of H-pyrrole nitrogens is 2. The third kappa shape index (κ3) is 9.81. The zero-order valence-electron chi connectivity index (χ0n) is 34.4. The van der Waals surface area contributed by atoms with Crippen molar-refractivity contribution < 1.29 is 54.1 Å². The van der Waals surface area contributed by atoms with E-state index in [0.29, 0.717) is 43.8 Å². The number of hydrogen-bond acceptors (Lipinski definition) is 10. The Morgan fingerprint density at radius 2 is 0.603 bits per heavy atom. The Hall–Kier alpha value is -5.96. The van der Waals surface area contributed by atoms with Gasteiger partial charge in [-0.3, -0.25) is 0 Å². The summed E-state index contributed by atoms with van der Waals surface area (Å²) in [4.78, 5) is 35.4. The number of fused-ring (bicyclic) bond motifs is 20. The minimum Gasteiger partial charge on any atom is -0.492 e. The van der Waals surface area contributed by atoms with Crippen molar-refractivity contribution in [3.05, 3.63) is 68.6 Å². The quantitative estimate of drug-likeness (QED) is 0.0897. The van der Waals surface area contributed by atoms with E-state index in [1.54, 1.807) is 0 Å². The van der Waals surface area contributed by atoms with Crippen LogP contribution in [0.4, 0.5) is 35.1 Å². The molecule has 0 radical (unpaired) electrons. The minimum atomic E-state index is -2.65. The first-order valence-electron chi connectivity index (χ1n) is 20.4. The number of ether oxygens (including phenoxy) is 4. The molecule has 2 aliphatic rings. The van der Waals surface area contributed by atoms with Gasteiger partial charge in [0, 0.05) is 69.5 Å². The standard InChI is InChI=1S/C44H30Cl4F8N8O4/c45-25-9-17-21(13-29(25)65-5-1-33(49)50)41-57-37(17)62-42-23-15-31(67-7-3-35(53)54)27(47)11-19(23)39(59-42)64-44-24-16-32(68-8-4-36(55)56)28(48)12-20(24)40(60-44)63-43-22-14-30(66-6-2-34(51)52)26(46)10-18(22)38(58-43)61-41/h9-16,33-36H,1-8H2,(H2,57,58,59,60,61,62,63,64). The van der Waals surface area contributed by atoms with Crippen LogP contribution in [0.5, 0.6) is 23.0 Å². The maximum atomic E-state index is 13.1. The number of benzene rings is 4. The van der Waals surface area contributed by atoms with Gasteiger partial charge in [-0.15, -0.1) is 0 Å². The lowest BCUT2D eigenvalue weighted by molar-refractivity contribution is 0.113. The average molecular weight is 1030 g/mol. The number of alkyl halides is 8. The van der Waals surface area contributed by atoms with Gasteiger partial charge in [0.25, 0.3) is 0 Å². The van der Waals surface area contributed by atoms with Gasteiger partial charge >= 0.3 is 0 Å². The fourth-order valence-corrected chi connectivity index (χ4v) is 8.14. The zero-order valence-corrected chi connectivity index (χ0v) is 37.5. The van der Waals surface area contributed by atoms with Crippen molar-refractivity contribution >= 4 is 90.5 Å². The molecule has 12 nitrogen and oxygen atoms in total. The third-order valence-corrected chi connectivity index (χ3v) is 11.6. The van der Waals surface area contributed by atoms with Crippen LogP contribution in [-0.2, 0) is 0 Å². The number of nitrogens with zero attached hydrogens (tertiary/aromatic N) is 6. The minimum absolute atomic E-state index is 0.0227. The molecule has 5 heterocycles. The summed E-state index contributed by atoms with van der Waals surface area (Å²) in [5.74, 6) is 0.286. The molecule has 0 unspecified atom stereocenters. The molecule has 68 heavy (non-hydrogen) atoms. The summed E-state index contributed by atoms with van der Waals surface area (Å²) in [5, 5.41) is 1.49. The van der Waals surface area contributed by atoms with Crippen molar-refractivity contribution in [3.8, 4) is 68.5 Å². The highest BCUT2D eigenvalue weighted by molar-refractivity contribution is 6.34. The van der Waals surface area contributed by atoms with E-state index in [1.807, 2.05) is 0 Å². The molecule has 0 saturated heterocycles. The van der Waals surface area contributed by atoms with Gasteiger partial charge in [-0.25, -0.2) is 65.0 Å². The van der Waals surface area contributed by atoms with Crippen LogP contribution < -0.4 is 18.9 Å². The van der Waals surface area contributed by atoms with Gasteiger partial charge in [-0.1, -0.05) is 46.4 Å². The fourth-order valence-electron chi connectivity index (χ4n) is 7.26. The largest absolute Gasteiger partial charge is 0.492 e. The van der Waals surface area contributed by atoms with Gasteiger partial charge in [0.2, 0.25) is 25.7 Å². The van der Waals surface area contributed by atoms with E-state index in [2.05, 4.69) is 9.97 Å². The molecule has 0 spiro atoms. The first-order chi connectivity index (χ1) is 32.6. The molecule has 354 valence electrons. The maximum absolute atomic E-state index is 13.1. The van der Waals surface area contributed by atoms with Crippen molar-refractivity contribution in [2.45, 2.75) is 51.4 Å². The Labute approximate surface area is 397 Å². The predicted molar refractivity (Wildman–Crippen MR) is 241 cm³/mol. The molecular weight excluding hydrogens is 998 g/mol. The van der Waals surface area contributed by atoms with Gasteiger partial charge in [0.05, 0.1) is 46.5 Å². The normalized spacial score (nSPS) is 12.2. The van der Waals surface area contributed by atoms with Crippen LogP contribution in [0, 0.1) is 0 Å². The van der Waals surface area contributed by atoms with Crippen LogP contribution in [0.1, 0.15) is 25.7 Å².